The Balaban J connectivity index is 1.24. The molecule has 0 fully saturated rings. The highest BCUT2D eigenvalue weighted by molar-refractivity contribution is 6.04. The van der Waals surface area contributed by atoms with Gasteiger partial charge in [0.15, 0.2) is 0 Å². The molecule has 0 saturated carbocycles. The fourth-order valence-electron chi connectivity index (χ4n) is 9.43. The molecule has 2 heteroatoms. The summed E-state index contributed by atoms with van der Waals surface area (Å²) in [5.41, 5.74) is 20.8. The van der Waals surface area contributed by atoms with E-state index in [0.717, 1.165) is 56.4 Å². The molecule has 0 bridgehead atoms. The van der Waals surface area contributed by atoms with Crippen LogP contribution in [0, 0.1) is 0 Å². The van der Waals surface area contributed by atoms with Gasteiger partial charge in [0.2, 0.25) is 0 Å². The highest BCUT2D eigenvalue weighted by Crippen LogP contribution is 2.52. The minimum absolute atomic E-state index is 1.07. The molecule has 11 rings (SSSR count). The summed E-state index contributed by atoms with van der Waals surface area (Å²) in [5, 5.41) is 0. The van der Waals surface area contributed by atoms with Gasteiger partial charge in [-0.25, -0.2) is 0 Å². The first-order valence-electron chi connectivity index (χ1n) is 21.9. The molecule has 2 nitrogen and oxygen atoms in total. The van der Waals surface area contributed by atoms with Crippen molar-refractivity contribution < 1.29 is 0 Å². The van der Waals surface area contributed by atoms with Gasteiger partial charge in [-0.05, 0) is 68.8 Å². The van der Waals surface area contributed by atoms with Crippen molar-refractivity contribution in [2.45, 2.75) is 0 Å². The van der Waals surface area contributed by atoms with Gasteiger partial charge in [0.1, 0.15) is 0 Å². The van der Waals surface area contributed by atoms with Gasteiger partial charge in [0.25, 0.3) is 0 Å². The highest BCUT2D eigenvalue weighted by atomic mass is 15.0. The Bertz CT molecular complexity index is 2860. The van der Waals surface area contributed by atoms with Crippen LogP contribution in [-0.2, 0) is 0 Å². The van der Waals surface area contributed by atoms with E-state index in [1.807, 2.05) is 0 Å². The average Bonchev–Trinajstić information content (AvgIpc) is 3.94. The summed E-state index contributed by atoms with van der Waals surface area (Å²) >= 11 is 0. The first kappa shape index (κ1) is 38.5. The lowest BCUT2D eigenvalue weighted by atomic mass is 9.91. The zero-order valence-corrected chi connectivity index (χ0v) is 35.3. The third kappa shape index (κ3) is 6.98. The number of aromatic nitrogens is 2. The standard InChI is InChI=1S/C62H44N2/c1-9-25-45(26-10-1)55-56(46-27-11-2-12-28-46)60(50-35-19-6-20-36-50)63(59(55)49-33-17-5-18-34-49)53-41-43-54(44-42-53)64-61(51-37-21-7-22-38-51)57(47-29-13-3-14-30-47)58(48-31-15-4-16-32-48)62(64)52-39-23-8-24-40-52/h1-44H. The van der Waals surface area contributed by atoms with E-state index in [0.29, 0.717) is 0 Å². The number of hydrogen-bond acceptors (Lipinski definition) is 0. The van der Waals surface area contributed by atoms with E-state index >= 15 is 0 Å². The van der Waals surface area contributed by atoms with Crippen molar-refractivity contribution in [2.24, 2.45) is 0 Å². The van der Waals surface area contributed by atoms with Crippen molar-refractivity contribution >= 4 is 0 Å². The first-order chi connectivity index (χ1) is 31.8. The normalized spacial score (nSPS) is 11.1. The summed E-state index contributed by atoms with van der Waals surface area (Å²) in [5.74, 6) is 0. The molecule has 0 N–H and O–H groups in total. The largest absolute Gasteiger partial charge is 0.308 e. The molecule has 0 aliphatic rings. The van der Waals surface area contributed by atoms with E-state index in [2.05, 4.69) is 276 Å². The van der Waals surface area contributed by atoms with Gasteiger partial charge < -0.3 is 9.13 Å². The lowest BCUT2D eigenvalue weighted by Gasteiger charge is -2.19. The molecule has 0 radical (unpaired) electrons. The second kappa shape index (κ2) is 17.1. The molecular formula is C62H44N2. The Morgan fingerprint density at radius 3 is 0.484 bits per heavy atom. The average molecular weight is 817 g/mol. The van der Waals surface area contributed by atoms with Gasteiger partial charge in [0.05, 0.1) is 22.8 Å². The zero-order chi connectivity index (χ0) is 42.7. The van der Waals surface area contributed by atoms with Crippen LogP contribution in [0.5, 0.6) is 0 Å². The molecule has 0 atom stereocenters. The zero-order valence-electron chi connectivity index (χ0n) is 35.3. The maximum absolute atomic E-state index is 2.50. The van der Waals surface area contributed by atoms with Crippen LogP contribution in [0.15, 0.2) is 267 Å². The molecule has 0 aliphatic carbocycles. The summed E-state index contributed by atoms with van der Waals surface area (Å²) in [4.78, 5) is 0. The fourth-order valence-corrected chi connectivity index (χ4v) is 9.43. The van der Waals surface area contributed by atoms with Crippen LogP contribution >= 0.6 is 0 Å². The van der Waals surface area contributed by atoms with Crippen molar-refractivity contribution in [3.63, 3.8) is 0 Å². The molecular weight excluding hydrogens is 773 g/mol. The SMILES string of the molecule is c1ccc(-c2c(-c3ccccc3)c(-c3ccccc3)n(-c3ccc(-n4c(-c5ccccc5)c(-c5ccccc5)c(-c5ccccc5)c4-c4ccccc4)cc3)c2-c2ccccc2)cc1. The van der Waals surface area contributed by atoms with Gasteiger partial charge in [0, 0.05) is 33.6 Å². The van der Waals surface area contributed by atoms with Crippen LogP contribution in [0.2, 0.25) is 0 Å². The summed E-state index contributed by atoms with van der Waals surface area (Å²) in [6.45, 7) is 0. The maximum Gasteiger partial charge on any atom is 0.0619 e. The van der Waals surface area contributed by atoms with E-state index in [4.69, 9.17) is 0 Å². The van der Waals surface area contributed by atoms with E-state index < -0.39 is 0 Å². The molecule has 0 amide bonds. The summed E-state index contributed by atoms with van der Waals surface area (Å²) < 4.78 is 4.99. The van der Waals surface area contributed by atoms with Gasteiger partial charge in [-0.1, -0.05) is 243 Å². The van der Waals surface area contributed by atoms with Gasteiger partial charge >= 0.3 is 0 Å². The van der Waals surface area contributed by atoms with Crippen molar-refractivity contribution in [1.29, 1.82) is 0 Å². The van der Waals surface area contributed by atoms with Crippen LogP contribution in [-0.4, -0.2) is 9.13 Å². The second-order valence-electron chi connectivity index (χ2n) is 16.0. The fraction of sp³-hybridized carbons (Fsp3) is 0. The quantitative estimate of drug-likeness (QED) is 0.130. The molecule has 0 aliphatic heterocycles. The van der Waals surface area contributed by atoms with Crippen LogP contribution in [0.1, 0.15) is 0 Å². The number of benzene rings is 9. The van der Waals surface area contributed by atoms with Crippen molar-refractivity contribution in [2.75, 3.05) is 0 Å². The highest BCUT2D eigenvalue weighted by Gasteiger charge is 2.30. The van der Waals surface area contributed by atoms with Crippen molar-refractivity contribution in [1.82, 2.24) is 9.13 Å². The Labute approximate surface area is 375 Å². The monoisotopic (exact) mass is 816 g/mol. The minimum atomic E-state index is 1.07. The van der Waals surface area contributed by atoms with E-state index in [1.54, 1.807) is 0 Å². The molecule has 2 heterocycles. The molecule has 0 spiro atoms. The minimum Gasteiger partial charge on any atom is -0.308 e. The molecule has 302 valence electrons. The van der Waals surface area contributed by atoms with Crippen molar-refractivity contribution in [3.8, 4) is 101 Å². The third-order valence-corrected chi connectivity index (χ3v) is 12.1. The summed E-state index contributed by atoms with van der Waals surface area (Å²) in [6.07, 6.45) is 0. The summed E-state index contributed by atoms with van der Waals surface area (Å²) in [6, 6.07) is 96.2. The maximum atomic E-state index is 2.50. The Kier molecular flexibility index (Phi) is 10.3. The van der Waals surface area contributed by atoms with E-state index in [9.17, 15) is 0 Å². The predicted octanol–water partition coefficient (Wildman–Crippen LogP) is 16.6. The lowest BCUT2D eigenvalue weighted by Crippen LogP contribution is -2.03. The van der Waals surface area contributed by atoms with Crippen LogP contribution in [0.4, 0.5) is 0 Å². The number of hydrogen-bond donors (Lipinski definition) is 0. The smallest absolute Gasteiger partial charge is 0.0619 e. The third-order valence-electron chi connectivity index (χ3n) is 12.1. The van der Waals surface area contributed by atoms with Crippen LogP contribution in [0.25, 0.3) is 101 Å². The van der Waals surface area contributed by atoms with Crippen LogP contribution < -0.4 is 0 Å². The number of rotatable bonds is 10. The van der Waals surface area contributed by atoms with Gasteiger partial charge in [-0.2, -0.15) is 0 Å². The van der Waals surface area contributed by atoms with Crippen molar-refractivity contribution in [3.05, 3.63) is 267 Å². The molecule has 0 saturated heterocycles. The van der Waals surface area contributed by atoms with E-state index in [1.165, 1.54) is 44.5 Å². The van der Waals surface area contributed by atoms with Gasteiger partial charge in [-0.3, -0.25) is 0 Å². The molecule has 64 heavy (non-hydrogen) atoms. The van der Waals surface area contributed by atoms with Gasteiger partial charge in [-0.15, -0.1) is 0 Å². The number of nitrogens with zero attached hydrogens (tertiary/aromatic N) is 2. The Morgan fingerprint density at radius 2 is 0.312 bits per heavy atom. The lowest BCUT2D eigenvalue weighted by molar-refractivity contribution is 1.07. The topological polar surface area (TPSA) is 9.86 Å². The Morgan fingerprint density at radius 1 is 0.156 bits per heavy atom. The Hall–Kier alpha value is -8.46. The second-order valence-corrected chi connectivity index (χ2v) is 16.0. The molecule has 2 aromatic heterocycles. The molecule has 9 aromatic carbocycles. The van der Waals surface area contributed by atoms with Crippen LogP contribution in [0.3, 0.4) is 0 Å². The predicted molar refractivity (Wildman–Crippen MR) is 269 cm³/mol. The van der Waals surface area contributed by atoms with E-state index in [-0.39, 0.29) is 0 Å². The molecule has 11 aromatic rings. The molecule has 0 unspecified atom stereocenters. The first-order valence-corrected chi connectivity index (χ1v) is 21.9. The summed E-state index contributed by atoms with van der Waals surface area (Å²) in [7, 11) is 0.